The maximum atomic E-state index is 12.9. The molecule has 0 spiro atoms. The van der Waals surface area contributed by atoms with Gasteiger partial charge in [0.2, 0.25) is 0 Å². The van der Waals surface area contributed by atoms with E-state index >= 15 is 0 Å². The average molecular weight is 272 g/mol. The summed E-state index contributed by atoms with van der Waals surface area (Å²) in [6, 6.07) is 8.12. The molecule has 0 saturated heterocycles. The van der Waals surface area contributed by atoms with Crippen LogP contribution in [0.4, 0.5) is 10.2 Å². The van der Waals surface area contributed by atoms with Crippen molar-refractivity contribution in [3.8, 4) is 6.01 Å². The van der Waals surface area contributed by atoms with E-state index in [1.165, 1.54) is 0 Å². The molecule has 2 aromatic heterocycles. The molecule has 3 aromatic rings. The summed E-state index contributed by atoms with van der Waals surface area (Å²) < 4.78 is 20.4. The highest BCUT2D eigenvalue weighted by Gasteiger charge is 2.05. The Morgan fingerprint density at radius 3 is 3.00 bits per heavy atom. The number of hydrogen-bond donors (Lipinski definition) is 1. The van der Waals surface area contributed by atoms with Crippen LogP contribution in [0.25, 0.3) is 10.9 Å². The Balaban J connectivity index is 1.77. The van der Waals surface area contributed by atoms with Gasteiger partial charge in [-0.15, -0.1) is 0 Å². The minimum atomic E-state index is -0.650. The number of halogens is 1. The molecule has 0 radical (unpaired) electrons. The topological polar surface area (TPSA) is 66.0 Å². The first kappa shape index (κ1) is 12.4. The number of nitrogens with zero attached hydrogens (tertiary/aromatic N) is 3. The summed E-state index contributed by atoms with van der Waals surface area (Å²) in [5.41, 5.74) is 7.49. The second-order valence-corrected chi connectivity index (χ2v) is 4.49. The molecule has 3 rings (SSSR count). The van der Waals surface area contributed by atoms with Crippen LogP contribution in [-0.4, -0.2) is 14.5 Å². The van der Waals surface area contributed by atoms with Gasteiger partial charge in [0, 0.05) is 18.8 Å². The van der Waals surface area contributed by atoms with Crippen LogP contribution < -0.4 is 10.5 Å². The second kappa shape index (κ2) is 4.80. The number of anilines is 1. The van der Waals surface area contributed by atoms with Crippen molar-refractivity contribution in [2.75, 3.05) is 5.73 Å². The summed E-state index contributed by atoms with van der Waals surface area (Å²) in [6.45, 7) is 0.301. The van der Waals surface area contributed by atoms with Gasteiger partial charge in [-0.2, -0.15) is 4.98 Å². The minimum Gasteiger partial charge on any atom is -0.459 e. The highest BCUT2D eigenvalue weighted by atomic mass is 19.1. The fourth-order valence-electron chi connectivity index (χ4n) is 2.00. The van der Waals surface area contributed by atoms with Gasteiger partial charge in [-0.25, -0.2) is 9.37 Å². The van der Waals surface area contributed by atoms with Gasteiger partial charge in [-0.3, -0.25) is 0 Å². The summed E-state index contributed by atoms with van der Waals surface area (Å²) >= 11 is 0. The molecule has 6 heteroatoms. The normalized spacial score (nSPS) is 10.9. The van der Waals surface area contributed by atoms with Gasteiger partial charge in [0.15, 0.2) is 11.6 Å². The number of fused-ring (bicyclic) bond motifs is 1. The Kier molecular flexibility index (Phi) is 2.98. The molecule has 0 amide bonds. The van der Waals surface area contributed by atoms with Crippen LogP contribution in [0.15, 0.2) is 36.7 Å². The number of rotatable bonds is 3. The van der Waals surface area contributed by atoms with Crippen LogP contribution in [0.2, 0.25) is 0 Å². The zero-order valence-electron chi connectivity index (χ0n) is 10.9. The molecule has 0 aliphatic heterocycles. The third-order valence-corrected chi connectivity index (χ3v) is 3.07. The van der Waals surface area contributed by atoms with Crippen LogP contribution in [0, 0.1) is 5.82 Å². The molecule has 2 heterocycles. The quantitative estimate of drug-likeness (QED) is 0.794. The molecule has 0 aliphatic rings. The van der Waals surface area contributed by atoms with E-state index in [-0.39, 0.29) is 11.8 Å². The average Bonchev–Trinajstić information content (AvgIpc) is 2.81. The van der Waals surface area contributed by atoms with Crippen molar-refractivity contribution >= 4 is 16.7 Å². The van der Waals surface area contributed by atoms with Crippen molar-refractivity contribution < 1.29 is 9.13 Å². The number of ether oxygens (including phenoxy) is 1. The number of aromatic nitrogens is 3. The molecule has 0 fully saturated rings. The van der Waals surface area contributed by atoms with E-state index in [2.05, 4.69) is 9.97 Å². The van der Waals surface area contributed by atoms with Crippen molar-refractivity contribution in [1.82, 2.24) is 14.5 Å². The van der Waals surface area contributed by atoms with Gasteiger partial charge in [-0.05, 0) is 29.1 Å². The lowest BCUT2D eigenvalue weighted by Crippen LogP contribution is -2.03. The summed E-state index contributed by atoms with van der Waals surface area (Å²) in [5.74, 6) is -0.864. The van der Waals surface area contributed by atoms with Gasteiger partial charge < -0.3 is 15.0 Å². The lowest BCUT2D eigenvalue weighted by atomic mass is 10.2. The second-order valence-electron chi connectivity index (χ2n) is 4.49. The van der Waals surface area contributed by atoms with E-state index in [9.17, 15) is 4.39 Å². The maximum Gasteiger partial charge on any atom is 0.318 e. The number of nitrogens with two attached hydrogens (primary N) is 1. The number of aryl methyl sites for hydroxylation is 1. The van der Waals surface area contributed by atoms with Crippen molar-refractivity contribution in [3.05, 3.63) is 48.0 Å². The zero-order chi connectivity index (χ0) is 14.1. The monoisotopic (exact) mass is 272 g/mol. The molecule has 0 aliphatic carbocycles. The summed E-state index contributed by atoms with van der Waals surface area (Å²) in [7, 11) is 1.99. The molecular weight excluding hydrogens is 259 g/mol. The third-order valence-electron chi connectivity index (χ3n) is 3.07. The minimum absolute atomic E-state index is 0.0667. The Labute approximate surface area is 114 Å². The third kappa shape index (κ3) is 2.27. The smallest absolute Gasteiger partial charge is 0.318 e. The van der Waals surface area contributed by atoms with Crippen molar-refractivity contribution in [2.24, 2.45) is 7.05 Å². The molecular formula is C14H13FN4O. The predicted octanol–water partition coefficient (Wildman–Crippen LogP) is 2.27. The van der Waals surface area contributed by atoms with Crippen LogP contribution in [-0.2, 0) is 13.7 Å². The lowest BCUT2D eigenvalue weighted by Gasteiger charge is -2.05. The van der Waals surface area contributed by atoms with Crippen LogP contribution >= 0.6 is 0 Å². The molecule has 20 heavy (non-hydrogen) atoms. The predicted molar refractivity (Wildman–Crippen MR) is 73.7 cm³/mol. The zero-order valence-corrected chi connectivity index (χ0v) is 10.9. The highest BCUT2D eigenvalue weighted by molar-refractivity contribution is 5.80. The first-order valence-electron chi connectivity index (χ1n) is 6.08. The molecule has 5 nitrogen and oxygen atoms in total. The van der Waals surface area contributed by atoms with Gasteiger partial charge in [-0.1, -0.05) is 6.07 Å². The van der Waals surface area contributed by atoms with E-state index in [4.69, 9.17) is 10.5 Å². The maximum absolute atomic E-state index is 12.9. The standard InChI is InChI=1S/C14H13FN4O/c1-19-5-4-10-6-9(2-3-12(10)19)8-20-14-17-7-11(15)13(16)18-14/h2-7H,8H2,1H3,(H2,16,17,18). The summed E-state index contributed by atoms with van der Waals surface area (Å²) in [4.78, 5) is 7.45. The first-order chi connectivity index (χ1) is 9.63. The molecule has 2 N–H and O–H groups in total. The van der Waals surface area contributed by atoms with Gasteiger partial charge in [0.25, 0.3) is 0 Å². The Bertz CT molecular complexity index is 769. The van der Waals surface area contributed by atoms with Crippen molar-refractivity contribution in [3.63, 3.8) is 0 Å². The fourth-order valence-corrected chi connectivity index (χ4v) is 2.00. The lowest BCUT2D eigenvalue weighted by molar-refractivity contribution is 0.280. The van der Waals surface area contributed by atoms with E-state index in [0.29, 0.717) is 6.61 Å². The number of hydrogen-bond acceptors (Lipinski definition) is 4. The molecule has 0 saturated carbocycles. The Morgan fingerprint density at radius 2 is 2.20 bits per heavy atom. The Hall–Kier alpha value is -2.63. The highest BCUT2D eigenvalue weighted by Crippen LogP contribution is 2.18. The van der Waals surface area contributed by atoms with Crippen LogP contribution in [0.5, 0.6) is 6.01 Å². The molecule has 0 bridgehead atoms. The van der Waals surface area contributed by atoms with Gasteiger partial charge in [0.05, 0.1) is 6.20 Å². The molecule has 1 aromatic carbocycles. The summed E-state index contributed by atoms with van der Waals surface area (Å²) in [6.07, 6.45) is 3.00. The number of benzene rings is 1. The Morgan fingerprint density at radius 1 is 1.35 bits per heavy atom. The van der Waals surface area contributed by atoms with Crippen LogP contribution in [0.1, 0.15) is 5.56 Å². The molecule has 0 atom stereocenters. The largest absolute Gasteiger partial charge is 0.459 e. The SMILES string of the molecule is Cn1ccc2cc(COc3ncc(F)c(N)n3)ccc21. The van der Waals surface area contributed by atoms with E-state index < -0.39 is 5.82 Å². The van der Waals surface area contributed by atoms with Crippen molar-refractivity contribution in [2.45, 2.75) is 6.61 Å². The van der Waals surface area contributed by atoms with Gasteiger partial charge in [0.1, 0.15) is 6.61 Å². The van der Waals surface area contributed by atoms with Crippen LogP contribution in [0.3, 0.4) is 0 Å². The van der Waals surface area contributed by atoms with E-state index in [0.717, 1.165) is 22.7 Å². The van der Waals surface area contributed by atoms with E-state index in [1.54, 1.807) is 0 Å². The molecule has 0 unspecified atom stereocenters. The molecule has 102 valence electrons. The number of nitrogen functional groups attached to an aromatic ring is 1. The fraction of sp³-hybridized carbons (Fsp3) is 0.143. The first-order valence-corrected chi connectivity index (χ1v) is 6.08. The van der Waals surface area contributed by atoms with Gasteiger partial charge >= 0.3 is 6.01 Å². The van der Waals surface area contributed by atoms with E-state index in [1.807, 2.05) is 42.1 Å². The summed E-state index contributed by atoms with van der Waals surface area (Å²) in [5, 5.41) is 1.13. The van der Waals surface area contributed by atoms with Crippen molar-refractivity contribution in [1.29, 1.82) is 0 Å².